The molecule has 2 N–H and O–H groups in total. The molecule has 116 valence electrons. The Kier molecular flexibility index (Phi) is 6.02. The van der Waals surface area contributed by atoms with Crippen LogP contribution < -0.4 is 10.1 Å². The third-order valence-electron chi connectivity index (χ3n) is 3.93. The minimum Gasteiger partial charge on any atom is -0.497 e. The molecule has 0 radical (unpaired) electrons. The van der Waals surface area contributed by atoms with Crippen LogP contribution in [-0.4, -0.2) is 48.8 Å². The highest BCUT2D eigenvalue weighted by atomic mass is 16.5. The molecule has 21 heavy (non-hydrogen) atoms. The second-order valence-electron chi connectivity index (χ2n) is 5.43. The van der Waals surface area contributed by atoms with Crippen molar-refractivity contribution in [2.24, 2.45) is 0 Å². The molecular formula is C16H24N2O3. The molecule has 1 aromatic carbocycles. The first-order valence-electron chi connectivity index (χ1n) is 7.47. The molecule has 2 rings (SSSR count). The number of carbonyl (C=O) groups excluding carboxylic acids is 1. The summed E-state index contributed by atoms with van der Waals surface area (Å²) in [6, 6.07) is 7.79. The smallest absolute Gasteiger partial charge is 0.234 e. The van der Waals surface area contributed by atoms with Gasteiger partial charge in [-0.25, -0.2) is 0 Å². The highest BCUT2D eigenvalue weighted by Crippen LogP contribution is 2.16. The van der Waals surface area contributed by atoms with Gasteiger partial charge in [0.1, 0.15) is 5.75 Å². The first-order chi connectivity index (χ1) is 10.2. The van der Waals surface area contributed by atoms with E-state index in [1.54, 1.807) is 7.11 Å². The molecule has 1 aliphatic heterocycles. The van der Waals surface area contributed by atoms with Gasteiger partial charge in [0.15, 0.2) is 0 Å². The minimum atomic E-state index is -0.00169. The summed E-state index contributed by atoms with van der Waals surface area (Å²) in [5, 5.41) is 12.3. The minimum absolute atomic E-state index is 0.00169. The van der Waals surface area contributed by atoms with Crippen LogP contribution in [0.3, 0.4) is 0 Å². The lowest BCUT2D eigenvalue weighted by Crippen LogP contribution is -2.46. The zero-order valence-corrected chi connectivity index (χ0v) is 12.5. The topological polar surface area (TPSA) is 61.8 Å². The summed E-state index contributed by atoms with van der Waals surface area (Å²) in [7, 11) is 1.63. The highest BCUT2D eigenvalue weighted by Gasteiger charge is 2.23. The van der Waals surface area contributed by atoms with E-state index in [2.05, 4.69) is 10.2 Å². The molecule has 0 spiro atoms. The number of benzene rings is 1. The van der Waals surface area contributed by atoms with Crippen LogP contribution in [0.1, 0.15) is 24.8 Å². The van der Waals surface area contributed by atoms with E-state index >= 15 is 0 Å². The SMILES string of the molecule is COc1cccc(CNC(=O)CN2CCCCC2CO)c1. The predicted molar refractivity (Wildman–Crippen MR) is 81.1 cm³/mol. The number of ether oxygens (including phenoxy) is 1. The van der Waals surface area contributed by atoms with E-state index in [0.717, 1.165) is 37.1 Å². The maximum Gasteiger partial charge on any atom is 0.234 e. The van der Waals surface area contributed by atoms with Crippen LogP contribution in [0.5, 0.6) is 5.75 Å². The number of hydrogen-bond donors (Lipinski definition) is 2. The maximum absolute atomic E-state index is 12.0. The van der Waals surface area contributed by atoms with E-state index < -0.39 is 0 Å². The molecule has 0 aromatic heterocycles. The number of likely N-dealkylation sites (tertiary alicyclic amines) is 1. The molecule has 5 heteroatoms. The lowest BCUT2D eigenvalue weighted by Gasteiger charge is -2.33. The molecule has 0 bridgehead atoms. The summed E-state index contributed by atoms with van der Waals surface area (Å²) in [4.78, 5) is 14.1. The number of amides is 1. The van der Waals surface area contributed by atoms with Crippen molar-refractivity contribution in [3.63, 3.8) is 0 Å². The molecule has 1 unspecified atom stereocenters. The van der Waals surface area contributed by atoms with Crippen molar-refractivity contribution in [3.05, 3.63) is 29.8 Å². The fourth-order valence-corrected chi connectivity index (χ4v) is 2.70. The Bertz CT molecular complexity index is 465. The van der Waals surface area contributed by atoms with Gasteiger partial charge in [0.05, 0.1) is 20.3 Å². The molecule has 0 aliphatic carbocycles. The first kappa shape index (κ1) is 15.8. The van der Waals surface area contributed by atoms with Crippen molar-refractivity contribution in [1.29, 1.82) is 0 Å². The van der Waals surface area contributed by atoms with Crippen LogP contribution in [-0.2, 0) is 11.3 Å². The Morgan fingerprint density at radius 2 is 2.33 bits per heavy atom. The number of aliphatic hydroxyl groups is 1. The van der Waals surface area contributed by atoms with E-state index in [-0.39, 0.29) is 18.6 Å². The lowest BCUT2D eigenvalue weighted by molar-refractivity contribution is -0.123. The molecule has 1 atom stereocenters. The summed E-state index contributed by atoms with van der Waals surface area (Å²) in [6.45, 7) is 1.86. The number of piperidine rings is 1. The molecule has 1 fully saturated rings. The number of aliphatic hydroxyl groups excluding tert-OH is 1. The molecule has 5 nitrogen and oxygen atoms in total. The van der Waals surface area contributed by atoms with Crippen molar-refractivity contribution in [1.82, 2.24) is 10.2 Å². The largest absolute Gasteiger partial charge is 0.497 e. The average molecular weight is 292 g/mol. The van der Waals surface area contributed by atoms with Crippen molar-refractivity contribution in [3.8, 4) is 5.75 Å². The van der Waals surface area contributed by atoms with E-state index in [1.807, 2.05) is 24.3 Å². The Labute approximate surface area is 125 Å². The summed E-state index contributed by atoms with van der Waals surface area (Å²) in [5.41, 5.74) is 1.01. The second-order valence-corrected chi connectivity index (χ2v) is 5.43. The molecular weight excluding hydrogens is 268 g/mol. The number of nitrogens with one attached hydrogen (secondary N) is 1. The summed E-state index contributed by atoms with van der Waals surface area (Å²) >= 11 is 0. The number of carbonyl (C=O) groups is 1. The fourth-order valence-electron chi connectivity index (χ4n) is 2.70. The molecule has 1 saturated heterocycles. The van der Waals surface area contributed by atoms with Gasteiger partial charge >= 0.3 is 0 Å². The van der Waals surface area contributed by atoms with Crippen molar-refractivity contribution in [2.45, 2.75) is 31.8 Å². The van der Waals surface area contributed by atoms with Crippen LogP contribution >= 0.6 is 0 Å². The monoisotopic (exact) mass is 292 g/mol. The van der Waals surface area contributed by atoms with Crippen molar-refractivity contribution in [2.75, 3.05) is 26.8 Å². The number of hydrogen-bond acceptors (Lipinski definition) is 4. The van der Waals surface area contributed by atoms with Gasteiger partial charge in [0.25, 0.3) is 0 Å². The summed E-state index contributed by atoms with van der Waals surface area (Å²) in [6.07, 6.45) is 3.20. The Morgan fingerprint density at radius 3 is 3.10 bits per heavy atom. The number of methoxy groups -OCH3 is 1. The third-order valence-corrected chi connectivity index (χ3v) is 3.93. The predicted octanol–water partition coefficient (Wildman–Crippen LogP) is 1.16. The molecule has 1 heterocycles. The van der Waals surface area contributed by atoms with Gasteiger partial charge in [0.2, 0.25) is 5.91 Å². The van der Waals surface area contributed by atoms with Gasteiger partial charge in [-0.15, -0.1) is 0 Å². The van der Waals surface area contributed by atoms with Crippen LogP contribution in [0.15, 0.2) is 24.3 Å². The zero-order chi connectivity index (χ0) is 15.1. The van der Waals surface area contributed by atoms with Gasteiger partial charge in [0, 0.05) is 12.6 Å². The molecule has 1 amide bonds. The highest BCUT2D eigenvalue weighted by molar-refractivity contribution is 5.78. The van der Waals surface area contributed by atoms with Gasteiger partial charge in [-0.2, -0.15) is 0 Å². The van der Waals surface area contributed by atoms with Gasteiger partial charge in [-0.1, -0.05) is 18.6 Å². The van der Waals surface area contributed by atoms with Gasteiger partial charge < -0.3 is 15.2 Å². The molecule has 1 aliphatic rings. The quantitative estimate of drug-likeness (QED) is 0.826. The van der Waals surface area contributed by atoms with E-state index in [1.165, 1.54) is 0 Å². The van der Waals surface area contributed by atoms with Crippen LogP contribution in [0.25, 0.3) is 0 Å². The Hall–Kier alpha value is -1.59. The number of nitrogens with zero attached hydrogens (tertiary/aromatic N) is 1. The maximum atomic E-state index is 12.0. The first-order valence-corrected chi connectivity index (χ1v) is 7.47. The normalized spacial score (nSPS) is 19.2. The van der Waals surface area contributed by atoms with Gasteiger partial charge in [-0.05, 0) is 37.1 Å². The standard InChI is InChI=1S/C16H24N2O3/c1-21-15-7-4-5-13(9-15)10-17-16(20)11-18-8-3-2-6-14(18)12-19/h4-5,7,9,14,19H,2-3,6,8,10-12H2,1H3,(H,17,20). The second kappa shape index (κ2) is 8.00. The van der Waals surface area contributed by atoms with Crippen LogP contribution in [0.2, 0.25) is 0 Å². The fraction of sp³-hybridized carbons (Fsp3) is 0.562. The molecule has 0 saturated carbocycles. The average Bonchev–Trinajstić information content (AvgIpc) is 2.53. The van der Waals surface area contributed by atoms with E-state index in [0.29, 0.717) is 13.1 Å². The summed E-state index contributed by atoms with van der Waals surface area (Å²) in [5.74, 6) is 0.788. The van der Waals surface area contributed by atoms with Crippen LogP contribution in [0.4, 0.5) is 0 Å². The lowest BCUT2D eigenvalue weighted by atomic mass is 10.0. The third kappa shape index (κ3) is 4.72. The van der Waals surface area contributed by atoms with Gasteiger partial charge in [-0.3, -0.25) is 9.69 Å². The zero-order valence-electron chi connectivity index (χ0n) is 12.5. The van der Waals surface area contributed by atoms with Crippen molar-refractivity contribution >= 4 is 5.91 Å². The molecule has 1 aromatic rings. The number of rotatable bonds is 6. The Morgan fingerprint density at radius 1 is 1.48 bits per heavy atom. The Balaban J connectivity index is 1.81. The van der Waals surface area contributed by atoms with Crippen molar-refractivity contribution < 1.29 is 14.6 Å². The van der Waals surface area contributed by atoms with E-state index in [9.17, 15) is 9.90 Å². The van der Waals surface area contributed by atoms with Crippen LogP contribution in [0, 0.1) is 0 Å². The summed E-state index contributed by atoms with van der Waals surface area (Å²) < 4.78 is 5.16. The van der Waals surface area contributed by atoms with E-state index in [4.69, 9.17) is 4.74 Å².